The number of ketones is 1. The molecule has 0 saturated carbocycles. The molecule has 1 N–H and O–H groups in total. The minimum atomic E-state index is -0.0738. The Bertz CT molecular complexity index is 810. The standard InChI is InChI=1S/C23H21NO/c25-23(20-12-6-2-7-13-20)18-22(24-21-14-8-3-9-15-21)17-16-19-10-4-1-5-11-19/h1-17,22,24H,18H2/b17-16+. The molecule has 0 spiro atoms. The summed E-state index contributed by atoms with van der Waals surface area (Å²) < 4.78 is 0. The van der Waals surface area contributed by atoms with E-state index in [4.69, 9.17) is 0 Å². The number of nitrogens with one attached hydrogen (secondary N) is 1. The van der Waals surface area contributed by atoms with Gasteiger partial charge in [-0.05, 0) is 17.7 Å². The van der Waals surface area contributed by atoms with Crippen LogP contribution in [0.25, 0.3) is 6.08 Å². The third-order valence-electron chi connectivity index (χ3n) is 3.95. The Balaban J connectivity index is 1.76. The molecule has 0 aliphatic carbocycles. The lowest BCUT2D eigenvalue weighted by molar-refractivity contribution is 0.0981. The summed E-state index contributed by atoms with van der Waals surface area (Å²) in [5, 5.41) is 3.44. The number of rotatable bonds is 7. The van der Waals surface area contributed by atoms with E-state index in [9.17, 15) is 4.79 Å². The Morgan fingerprint density at radius 1 is 0.800 bits per heavy atom. The molecule has 0 radical (unpaired) electrons. The Morgan fingerprint density at radius 2 is 1.36 bits per heavy atom. The number of carbonyl (C=O) groups excluding carboxylic acids is 1. The van der Waals surface area contributed by atoms with Crippen molar-refractivity contribution in [3.8, 4) is 0 Å². The van der Waals surface area contributed by atoms with Gasteiger partial charge in [-0.2, -0.15) is 0 Å². The highest BCUT2D eigenvalue weighted by molar-refractivity contribution is 5.96. The fourth-order valence-electron chi connectivity index (χ4n) is 2.65. The first kappa shape index (κ1) is 16.7. The summed E-state index contributed by atoms with van der Waals surface area (Å²) in [6.45, 7) is 0. The first-order valence-electron chi connectivity index (χ1n) is 8.44. The maximum absolute atomic E-state index is 12.6. The third-order valence-corrected chi connectivity index (χ3v) is 3.95. The molecular formula is C23H21NO. The zero-order chi connectivity index (χ0) is 17.3. The van der Waals surface area contributed by atoms with Gasteiger partial charge in [-0.25, -0.2) is 0 Å². The van der Waals surface area contributed by atoms with E-state index in [1.807, 2.05) is 78.9 Å². The number of Topliss-reactive ketones (excluding diaryl/α,β-unsaturated/α-hetero) is 1. The van der Waals surface area contributed by atoms with Gasteiger partial charge in [0.15, 0.2) is 5.78 Å². The maximum atomic E-state index is 12.6. The van der Waals surface area contributed by atoms with Crippen molar-refractivity contribution in [2.24, 2.45) is 0 Å². The molecule has 0 amide bonds. The number of hydrogen-bond donors (Lipinski definition) is 1. The summed E-state index contributed by atoms with van der Waals surface area (Å²) in [6.07, 6.45) is 4.52. The van der Waals surface area contributed by atoms with E-state index < -0.39 is 0 Å². The highest BCUT2D eigenvalue weighted by atomic mass is 16.1. The Morgan fingerprint density at radius 3 is 2.00 bits per heavy atom. The summed E-state index contributed by atoms with van der Waals surface area (Å²) in [4.78, 5) is 12.6. The van der Waals surface area contributed by atoms with Crippen LogP contribution in [0.2, 0.25) is 0 Å². The van der Waals surface area contributed by atoms with Crippen LogP contribution in [0.15, 0.2) is 97.1 Å². The molecule has 0 aliphatic heterocycles. The van der Waals surface area contributed by atoms with Gasteiger partial charge in [-0.15, -0.1) is 0 Å². The minimum Gasteiger partial charge on any atom is -0.378 e. The van der Waals surface area contributed by atoms with Gasteiger partial charge in [0.1, 0.15) is 0 Å². The lowest BCUT2D eigenvalue weighted by atomic mass is 10.0. The molecule has 0 bridgehead atoms. The van der Waals surface area contributed by atoms with Crippen LogP contribution in [0.4, 0.5) is 5.69 Å². The molecule has 0 heterocycles. The van der Waals surface area contributed by atoms with E-state index in [0.717, 1.165) is 16.8 Å². The molecule has 25 heavy (non-hydrogen) atoms. The predicted molar refractivity (Wildman–Crippen MR) is 105 cm³/mol. The van der Waals surface area contributed by atoms with Crippen LogP contribution in [0.5, 0.6) is 0 Å². The van der Waals surface area contributed by atoms with Crippen LogP contribution in [-0.2, 0) is 0 Å². The van der Waals surface area contributed by atoms with Crippen molar-refractivity contribution in [1.82, 2.24) is 0 Å². The van der Waals surface area contributed by atoms with Gasteiger partial charge in [-0.1, -0.05) is 91.0 Å². The van der Waals surface area contributed by atoms with Crippen molar-refractivity contribution in [2.45, 2.75) is 12.5 Å². The summed E-state index contributed by atoms with van der Waals surface area (Å²) in [7, 11) is 0. The summed E-state index contributed by atoms with van der Waals surface area (Å²) in [6, 6.07) is 29.5. The van der Waals surface area contributed by atoms with Gasteiger partial charge >= 0.3 is 0 Å². The zero-order valence-corrected chi connectivity index (χ0v) is 14.0. The van der Waals surface area contributed by atoms with Gasteiger partial charge in [0.25, 0.3) is 0 Å². The van der Waals surface area contributed by atoms with Crippen molar-refractivity contribution in [3.05, 3.63) is 108 Å². The smallest absolute Gasteiger partial charge is 0.165 e. The van der Waals surface area contributed by atoms with E-state index in [2.05, 4.69) is 29.6 Å². The van der Waals surface area contributed by atoms with Crippen molar-refractivity contribution in [2.75, 3.05) is 5.32 Å². The summed E-state index contributed by atoms with van der Waals surface area (Å²) in [5.74, 6) is 0.131. The zero-order valence-electron chi connectivity index (χ0n) is 14.0. The van der Waals surface area contributed by atoms with Crippen LogP contribution >= 0.6 is 0 Å². The number of benzene rings is 3. The van der Waals surface area contributed by atoms with Crippen LogP contribution in [-0.4, -0.2) is 11.8 Å². The normalized spacial score (nSPS) is 12.0. The molecule has 0 saturated heterocycles. The second-order valence-electron chi connectivity index (χ2n) is 5.88. The van der Waals surface area contributed by atoms with Crippen LogP contribution in [0.3, 0.4) is 0 Å². The molecule has 0 aliphatic rings. The fourth-order valence-corrected chi connectivity index (χ4v) is 2.65. The Hall–Kier alpha value is -3.13. The highest BCUT2D eigenvalue weighted by Crippen LogP contribution is 2.14. The number of para-hydroxylation sites is 1. The molecule has 1 unspecified atom stereocenters. The Labute approximate surface area is 148 Å². The van der Waals surface area contributed by atoms with Gasteiger partial charge in [-0.3, -0.25) is 4.79 Å². The number of anilines is 1. The first-order valence-corrected chi connectivity index (χ1v) is 8.44. The summed E-state index contributed by atoms with van der Waals surface area (Å²) in [5.41, 5.74) is 2.87. The topological polar surface area (TPSA) is 29.1 Å². The second-order valence-corrected chi connectivity index (χ2v) is 5.88. The largest absolute Gasteiger partial charge is 0.378 e. The molecule has 1 atom stereocenters. The maximum Gasteiger partial charge on any atom is 0.165 e. The first-order chi connectivity index (χ1) is 12.3. The molecule has 0 aromatic heterocycles. The van der Waals surface area contributed by atoms with E-state index in [-0.39, 0.29) is 11.8 Å². The molecule has 2 nitrogen and oxygen atoms in total. The van der Waals surface area contributed by atoms with Crippen LogP contribution in [0, 0.1) is 0 Å². The molecule has 3 rings (SSSR count). The van der Waals surface area contributed by atoms with Crippen LogP contribution < -0.4 is 5.32 Å². The van der Waals surface area contributed by atoms with Gasteiger partial charge < -0.3 is 5.32 Å². The molecule has 3 aromatic rings. The van der Waals surface area contributed by atoms with Crippen LogP contribution in [0.1, 0.15) is 22.3 Å². The molecule has 0 fully saturated rings. The molecule has 124 valence electrons. The highest BCUT2D eigenvalue weighted by Gasteiger charge is 2.12. The quantitative estimate of drug-likeness (QED) is 0.584. The molecule has 3 aromatic carbocycles. The average Bonchev–Trinajstić information content (AvgIpc) is 2.68. The minimum absolute atomic E-state index is 0.0738. The van der Waals surface area contributed by atoms with Gasteiger partial charge in [0.2, 0.25) is 0 Å². The van der Waals surface area contributed by atoms with Crippen molar-refractivity contribution >= 4 is 17.5 Å². The SMILES string of the molecule is O=C(CC(/C=C/c1ccccc1)Nc1ccccc1)c1ccccc1. The van der Waals surface area contributed by atoms with E-state index in [1.54, 1.807) is 0 Å². The average molecular weight is 327 g/mol. The fraction of sp³-hybridized carbons (Fsp3) is 0.0870. The third kappa shape index (κ3) is 5.18. The molecule has 2 heteroatoms. The van der Waals surface area contributed by atoms with E-state index >= 15 is 0 Å². The Kier molecular flexibility index (Phi) is 5.78. The van der Waals surface area contributed by atoms with Gasteiger partial charge in [0.05, 0.1) is 6.04 Å². The summed E-state index contributed by atoms with van der Waals surface area (Å²) >= 11 is 0. The molecular weight excluding hydrogens is 306 g/mol. The van der Waals surface area contributed by atoms with Gasteiger partial charge in [0, 0.05) is 17.7 Å². The lowest BCUT2D eigenvalue weighted by Crippen LogP contribution is -2.21. The van der Waals surface area contributed by atoms with E-state index in [1.165, 1.54) is 0 Å². The second kappa shape index (κ2) is 8.65. The van der Waals surface area contributed by atoms with E-state index in [0.29, 0.717) is 6.42 Å². The van der Waals surface area contributed by atoms with Crippen molar-refractivity contribution < 1.29 is 4.79 Å². The lowest BCUT2D eigenvalue weighted by Gasteiger charge is -2.16. The monoisotopic (exact) mass is 327 g/mol. The number of hydrogen-bond acceptors (Lipinski definition) is 2. The predicted octanol–water partition coefficient (Wildman–Crippen LogP) is 5.45. The van der Waals surface area contributed by atoms with Crippen molar-refractivity contribution in [1.29, 1.82) is 0 Å². The number of carbonyl (C=O) groups is 1. The van der Waals surface area contributed by atoms with Crippen molar-refractivity contribution in [3.63, 3.8) is 0 Å².